The number of hydrogen-bond donors (Lipinski definition) is 0. The molecular weight excluding hydrogens is 224 g/mol. The highest BCUT2D eigenvalue weighted by atomic mass is 79.9. The van der Waals surface area contributed by atoms with Crippen molar-refractivity contribution in [1.82, 2.24) is 0 Å². The second-order valence-electron chi connectivity index (χ2n) is 2.04. The van der Waals surface area contributed by atoms with Crippen LogP contribution in [0.3, 0.4) is 0 Å². The van der Waals surface area contributed by atoms with E-state index in [9.17, 15) is 0 Å². The van der Waals surface area contributed by atoms with Gasteiger partial charge in [0.25, 0.3) is 0 Å². The Morgan fingerprint density at radius 2 is 2.55 bits per heavy atom. The van der Waals surface area contributed by atoms with Crippen LogP contribution in [0.4, 0.5) is 0 Å². The van der Waals surface area contributed by atoms with Crippen molar-refractivity contribution in [2.75, 3.05) is 6.61 Å². The Morgan fingerprint density at radius 3 is 3.09 bits per heavy atom. The molecule has 60 valence electrons. The summed E-state index contributed by atoms with van der Waals surface area (Å²) in [6.07, 6.45) is 1.75. The highest BCUT2D eigenvalue weighted by Gasteiger charge is 1.95. The monoisotopic (exact) mass is 232 g/mol. The zero-order chi connectivity index (χ0) is 8.10. The number of halogens is 1. The van der Waals surface area contributed by atoms with Crippen LogP contribution in [0.1, 0.15) is 4.88 Å². The molecule has 0 aromatic carbocycles. The summed E-state index contributed by atoms with van der Waals surface area (Å²) in [5.41, 5.74) is 0. The third-order valence-corrected chi connectivity index (χ3v) is 2.77. The smallest absolute Gasteiger partial charge is 0.0814 e. The fraction of sp³-hybridized carbons (Fsp3) is 0.250. The summed E-state index contributed by atoms with van der Waals surface area (Å²) >= 11 is 5.07. The molecule has 0 amide bonds. The minimum Gasteiger partial charge on any atom is -0.372 e. The van der Waals surface area contributed by atoms with Crippen LogP contribution in [0.15, 0.2) is 28.6 Å². The molecule has 0 radical (unpaired) electrons. The highest BCUT2D eigenvalue weighted by molar-refractivity contribution is 9.10. The molecule has 0 spiro atoms. The van der Waals surface area contributed by atoms with E-state index in [2.05, 4.69) is 28.6 Å². The van der Waals surface area contributed by atoms with Gasteiger partial charge in [-0.2, -0.15) is 0 Å². The van der Waals surface area contributed by atoms with Gasteiger partial charge < -0.3 is 4.74 Å². The van der Waals surface area contributed by atoms with Crippen molar-refractivity contribution in [3.05, 3.63) is 33.5 Å². The van der Waals surface area contributed by atoms with Crippen LogP contribution in [-0.2, 0) is 11.3 Å². The molecule has 1 rings (SSSR count). The van der Waals surface area contributed by atoms with Crippen molar-refractivity contribution in [2.45, 2.75) is 6.61 Å². The fourth-order valence-corrected chi connectivity index (χ4v) is 2.06. The molecule has 11 heavy (non-hydrogen) atoms. The third kappa shape index (κ3) is 3.18. The van der Waals surface area contributed by atoms with Gasteiger partial charge in [-0.25, -0.2) is 0 Å². The SMILES string of the molecule is C=CCOCc1cc(Br)cs1. The maximum Gasteiger partial charge on any atom is 0.0814 e. The van der Waals surface area contributed by atoms with Gasteiger partial charge in [0.2, 0.25) is 0 Å². The summed E-state index contributed by atoms with van der Waals surface area (Å²) in [4.78, 5) is 1.23. The number of thiophene rings is 1. The second-order valence-corrected chi connectivity index (χ2v) is 3.95. The van der Waals surface area contributed by atoms with Crippen molar-refractivity contribution >= 4 is 27.3 Å². The average Bonchev–Trinajstić information content (AvgIpc) is 2.37. The fourth-order valence-electron chi connectivity index (χ4n) is 0.672. The first kappa shape index (κ1) is 8.97. The third-order valence-electron chi connectivity index (χ3n) is 1.10. The van der Waals surface area contributed by atoms with E-state index in [0.717, 1.165) is 4.47 Å². The first-order valence-electron chi connectivity index (χ1n) is 3.24. The molecule has 0 aliphatic heterocycles. The molecular formula is C8H9BrOS. The van der Waals surface area contributed by atoms with E-state index in [1.165, 1.54) is 4.88 Å². The Bertz CT molecular complexity index is 232. The Balaban J connectivity index is 2.32. The van der Waals surface area contributed by atoms with E-state index in [4.69, 9.17) is 4.74 Å². The molecule has 0 saturated heterocycles. The van der Waals surface area contributed by atoms with E-state index >= 15 is 0 Å². The van der Waals surface area contributed by atoms with Gasteiger partial charge in [-0.3, -0.25) is 0 Å². The zero-order valence-electron chi connectivity index (χ0n) is 6.05. The molecule has 1 heterocycles. The van der Waals surface area contributed by atoms with E-state index in [0.29, 0.717) is 13.2 Å². The van der Waals surface area contributed by atoms with Gasteiger partial charge >= 0.3 is 0 Å². The molecule has 0 fully saturated rings. The van der Waals surface area contributed by atoms with Crippen LogP contribution in [0.5, 0.6) is 0 Å². The van der Waals surface area contributed by atoms with E-state index in [1.54, 1.807) is 17.4 Å². The van der Waals surface area contributed by atoms with Crippen molar-refractivity contribution in [1.29, 1.82) is 0 Å². The van der Waals surface area contributed by atoms with Crippen molar-refractivity contribution in [3.63, 3.8) is 0 Å². The Kier molecular flexibility index (Phi) is 3.83. The lowest BCUT2D eigenvalue weighted by Gasteiger charge is -1.95. The summed E-state index contributed by atoms with van der Waals surface area (Å²) in [7, 11) is 0. The molecule has 0 atom stereocenters. The highest BCUT2D eigenvalue weighted by Crippen LogP contribution is 2.20. The largest absolute Gasteiger partial charge is 0.372 e. The minimum absolute atomic E-state index is 0.621. The van der Waals surface area contributed by atoms with Gasteiger partial charge in [-0.05, 0) is 22.0 Å². The van der Waals surface area contributed by atoms with Gasteiger partial charge in [0.05, 0.1) is 13.2 Å². The zero-order valence-corrected chi connectivity index (χ0v) is 8.45. The van der Waals surface area contributed by atoms with Crippen LogP contribution >= 0.6 is 27.3 Å². The molecule has 0 bridgehead atoms. The summed E-state index contributed by atoms with van der Waals surface area (Å²) < 4.78 is 6.38. The van der Waals surface area contributed by atoms with Gasteiger partial charge in [-0.1, -0.05) is 6.08 Å². The molecule has 1 aromatic heterocycles. The summed E-state index contributed by atoms with van der Waals surface area (Å²) in [5.74, 6) is 0. The first-order chi connectivity index (χ1) is 5.33. The van der Waals surface area contributed by atoms with Crippen molar-refractivity contribution in [2.24, 2.45) is 0 Å². The summed E-state index contributed by atoms with van der Waals surface area (Å²) in [5, 5.41) is 2.05. The van der Waals surface area contributed by atoms with E-state index in [-0.39, 0.29) is 0 Å². The van der Waals surface area contributed by atoms with E-state index < -0.39 is 0 Å². The van der Waals surface area contributed by atoms with Crippen molar-refractivity contribution < 1.29 is 4.74 Å². The molecule has 0 aliphatic carbocycles. The lowest BCUT2D eigenvalue weighted by Crippen LogP contribution is -1.88. The number of rotatable bonds is 4. The van der Waals surface area contributed by atoms with Crippen LogP contribution < -0.4 is 0 Å². The summed E-state index contributed by atoms with van der Waals surface area (Å²) in [6.45, 7) is 4.87. The van der Waals surface area contributed by atoms with Crippen LogP contribution in [-0.4, -0.2) is 6.61 Å². The van der Waals surface area contributed by atoms with Gasteiger partial charge in [0.1, 0.15) is 0 Å². The lowest BCUT2D eigenvalue weighted by atomic mass is 10.5. The average molecular weight is 233 g/mol. The van der Waals surface area contributed by atoms with Crippen LogP contribution in [0.2, 0.25) is 0 Å². The molecule has 1 nitrogen and oxygen atoms in total. The second kappa shape index (κ2) is 4.70. The van der Waals surface area contributed by atoms with Gasteiger partial charge in [-0.15, -0.1) is 17.9 Å². The molecule has 3 heteroatoms. The quantitative estimate of drug-likeness (QED) is 0.573. The lowest BCUT2D eigenvalue weighted by molar-refractivity contribution is 0.151. The first-order valence-corrected chi connectivity index (χ1v) is 4.91. The molecule has 0 saturated carbocycles. The maximum absolute atomic E-state index is 5.25. The van der Waals surface area contributed by atoms with Crippen LogP contribution in [0.25, 0.3) is 0 Å². The normalized spacial score (nSPS) is 9.91. The van der Waals surface area contributed by atoms with Gasteiger partial charge in [0.15, 0.2) is 0 Å². The predicted octanol–water partition coefficient (Wildman–Crippen LogP) is 3.21. The van der Waals surface area contributed by atoms with E-state index in [1.807, 2.05) is 5.38 Å². The molecule has 0 N–H and O–H groups in total. The Morgan fingerprint density at radius 1 is 1.73 bits per heavy atom. The minimum atomic E-state index is 0.621. The standard InChI is InChI=1S/C8H9BrOS/c1-2-3-10-5-8-4-7(9)6-11-8/h2,4,6H,1,3,5H2. The Labute approximate surface area is 78.8 Å². The maximum atomic E-state index is 5.25. The Hall–Kier alpha value is -0.120. The predicted molar refractivity (Wildman–Crippen MR) is 51.9 cm³/mol. The topological polar surface area (TPSA) is 9.23 Å². The van der Waals surface area contributed by atoms with Gasteiger partial charge in [0, 0.05) is 14.7 Å². The van der Waals surface area contributed by atoms with Crippen LogP contribution in [0, 0.1) is 0 Å². The van der Waals surface area contributed by atoms with Crippen molar-refractivity contribution in [3.8, 4) is 0 Å². The molecule has 1 aromatic rings. The molecule has 0 unspecified atom stereocenters. The summed E-state index contributed by atoms with van der Waals surface area (Å²) in [6, 6.07) is 2.06. The number of hydrogen-bond acceptors (Lipinski definition) is 2. The molecule has 0 aliphatic rings. The number of ether oxygens (including phenoxy) is 1.